The van der Waals surface area contributed by atoms with Crippen LogP contribution >= 0.6 is 0 Å². The molecule has 0 bridgehead atoms. The number of methoxy groups -OCH3 is 1. The van der Waals surface area contributed by atoms with Crippen LogP contribution in [0.4, 0.5) is 5.69 Å². The van der Waals surface area contributed by atoms with Crippen LogP contribution in [0.5, 0.6) is 5.75 Å². The largest absolute Gasteiger partial charge is 0.496 e. The van der Waals surface area contributed by atoms with Crippen LogP contribution in [0.2, 0.25) is 0 Å². The third-order valence-corrected chi connectivity index (χ3v) is 3.71. The van der Waals surface area contributed by atoms with Crippen molar-refractivity contribution in [2.45, 2.75) is 25.9 Å². The van der Waals surface area contributed by atoms with Crippen LogP contribution in [0, 0.1) is 5.92 Å². The minimum Gasteiger partial charge on any atom is -0.496 e. The van der Waals surface area contributed by atoms with Crippen LogP contribution in [0.1, 0.15) is 31.4 Å². The molecular formula is C16H25NO3. The van der Waals surface area contributed by atoms with E-state index >= 15 is 0 Å². The first-order chi connectivity index (χ1) is 9.63. The smallest absolute Gasteiger partial charge is 0.126 e. The summed E-state index contributed by atoms with van der Waals surface area (Å²) in [7, 11) is 3.64. The Hall–Kier alpha value is -1.26. The SMILES string of the molecule is COc1cccc(N(C)CCOCC2CC2)c1[C@@H](C)O. The Morgan fingerprint density at radius 2 is 2.15 bits per heavy atom. The molecule has 1 N–H and O–H groups in total. The number of aliphatic hydroxyl groups is 1. The normalized spacial score (nSPS) is 16.0. The van der Waals surface area contributed by atoms with Crippen molar-refractivity contribution >= 4 is 5.69 Å². The first kappa shape index (κ1) is 15.1. The molecule has 0 amide bonds. The number of rotatable bonds is 8. The predicted molar refractivity (Wildman–Crippen MR) is 80.4 cm³/mol. The molecule has 4 nitrogen and oxygen atoms in total. The Balaban J connectivity index is 1.97. The van der Waals surface area contributed by atoms with Gasteiger partial charge < -0.3 is 19.5 Å². The molecule has 2 rings (SSSR count). The Morgan fingerprint density at radius 1 is 1.40 bits per heavy atom. The molecular weight excluding hydrogens is 254 g/mol. The van der Waals surface area contributed by atoms with Gasteiger partial charge in [0.2, 0.25) is 0 Å². The number of hydrogen-bond acceptors (Lipinski definition) is 4. The van der Waals surface area contributed by atoms with Crippen molar-refractivity contribution in [1.82, 2.24) is 0 Å². The molecule has 0 spiro atoms. The Morgan fingerprint density at radius 3 is 2.75 bits per heavy atom. The Kier molecular flexibility index (Phi) is 5.26. The quantitative estimate of drug-likeness (QED) is 0.743. The highest BCUT2D eigenvalue weighted by Gasteiger charge is 2.21. The fourth-order valence-electron chi connectivity index (χ4n) is 2.32. The fourth-order valence-corrected chi connectivity index (χ4v) is 2.32. The summed E-state index contributed by atoms with van der Waals surface area (Å²) in [4.78, 5) is 2.11. The summed E-state index contributed by atoms with van der Waals surface area (Å²) >= 11 is 0. The number of nitrogens with zero attached hydrogens (tertiary/aromatic N) is 1. The maximum absolute atomic E-state index is 9.98. The van der Waals surface area contributed by atoms with Gasteiger partial charge in [0.15, 0.2) is 0 Å². The Labute approximate surface area is 121 Å². The zero-order chi connectivity index (χ0) is 14.5. The van der Waals surface area contributed by atoms with Crippen LogP contribution in [-0.2, 0) is 4.74 Å². The number of benzene rings is 1. The lowest BCUT2D eigenvalue weighted by Gasteiger charge is -2.25. The molecule has 0 radical (unpaired) electrons. The van der Waals surface area contributed by atoms with Gasteiger partial charge >= 0.3 is 0 Å². The maximum Gasteiger partial charge on any atom is 0.126 e. The number of hydrogen-bond donors (Lipinski definition) is 1. The van der Waals surface area contributed by atoms with E-state index in [0.29, 0.717) is 6.61 Å². The van der Waals surface area contributed by atoms with E-state index in [-0.39, 0.29) is 0 Å². The molecule has 0 aliphatic heterocycles. The average Bonchev–Trinajstić information content (AvgIpc) is 3.26. The van der Waals surface area contributed by atoms with Crippen molar-refractivity contribution < 1.29 is 14.6 Å². The maximum atomic E-state index is 9.98. The minimum atomic E-state index is -0.559. The van der Waals surface area contributed by atoms with Gasteiger partial charge in [-0.3, -0.25) is 0 Å². The molecule has 0 saturated heterocycles. The van der Waals surface area contributed by atoms with Gasteiger partial charge in [-0.1, -0.05) is 6.07 Å². The summed E-state index contributed by atoms with van der Waals surface area (Å²) in [6.07, 6.45) is 2.08. The number of ether oxygens (including phenoxy) is 2. The second kappa shape index (κ2) is 6.95. The van der Waals surface area contributed by atoms with Gasteiger partial charge in [0, 0.05) is 31.5 Å². The van der Waals surface area contributed by atoms with Crippen molar-refractivity contribution in [3.8, 4) is 5.75 Å². The average molecular weight is 279 g/mol. The highest BCUT2D eigenvalue weighted by atomic mass is 16.5. The van der Waals surface area contributed by atoms with Crippen LogP contribution in [0.15, 0.2) is 18.2 Å². The van der Waals surface area contributed by atoms with Crippen LogP contribution in [-0.4, -0.2) is 39.0 Å². The fraction of sp³-hybridized carbons (Fsp3) is 0.625. The number of aliphatic hydroxyl groups excluding tert-OH is 1. The zero-order valence-electron chi connectivity index (χ0n) is 12.6. The van der Waals surface area contributed by atoms with Gasteiger partial charge in [-0.15, -0.1) is 0 Å². The third-order valence-electron chi connectivity index (χ3n) is 3.71. The van der Waals surface area contributed by atoms with Gasteiger partial charge in [-0.05, 0) is 37.8 Å². The lowest BCUT2D eigenvalue weighted by molar-refractivity contribution is 0.130. The monoisotopic (exact) mass is 279 g/mol. The summed E-state index contributed by atoms with van der Waals surface area (Å²) in [5, 5.41) is 9.98. The van der Waals surface area contributed by atoms with Crippen LogP contribution < -0.4 is 9.64 Å². The van der Waals surface area contributed by atoms with Crippen LogP contribution in [0.25, 0.3) is 0 Å². The first-order valence-corrected chi connectivity index (χ1v) is 7.27. The molecule has 1 aliphatic rings. The van der Waals surface area contributed by atoms with Gasteiger partial charge in [0.05, 0.1) is 19.8 Å². The van der Waals surface area contributed by atoms with E-state index < -0.39 is 6.10 Å². The van der Waals surface area contributed by atoms with E-state index in [1.54, 1.807) is 14.0 Å². The molecule has 1 fully saturated rings. The standard InChI is InChI=1S/C16H25NO3/c1-12(18)16-14(5-4-6-15(16)19-3)17(2)9-10-20-11-13-7-8-13/h4-6,12-13,18H,7-11H2,1-3H3/t12-/m1/s1. The summed E-state index contributed by atoms with van der Waals surface area (Å²) in [5.74, 6) is 1.52. The van der Waals surface area contributed by atoms with Gasteiger partial charge in [-0.25, -0.2) is 0 Å². The topological polar surface area (TPSA) is 41.9 Å². The molecule has 1 aromatic rings. The van der Waals surface area contributed by atoms with Crippen molar-refractivity contribution in [3.05, 3.63) is 23.8 Å². The van der Waals surface area contributed by atoms with Crippen molar-refractivity contribution in [2.75, 3.05) is 38.8 Å². The van der Waals surface area contributed by atoms with E-state index in [1.165, 1.54) is 12.8 Å². The summed E-state index contributed by atoms with van der Waals surface area (Å²) in [5.41, 5.74) is 1.83. The molecule has 0 heterocycles. The molecule has 20 heavy (non-hydrogen) atoms. The minimum absolute atomic E-state index is 0.559. The molecule has 0 unspecified atom stereocenters. The third kappa shape index (κ3) is 3.87. The highest BCUT2D eigenvalue weighted by molar-refractivity contribution is 5.60. The molecule has 0 aromatic heterocycles. The highest BCUT2D eigenvalue weighted by Crippen LogP contribution is 2.34. The van der Waals surface area contributed by atoms with Gasteiger partial charge in [-0.2, -0.15) is 0 Å². The number of likely N-dealkylation sites (N-methyl/N-ethyl adjacent to an activating group) is 1. The second-order valence-electron chi connectivity index (χ2n) is 5.51. The molecule has 1 aliphatic carbocycles. The first-order valence-electron chi connectivity index (χ1n) is 7.27. The number of anilines is 1. The summed E-state index contributed by atoms with van der Waals surface area (Å²) in [6, 6.07) is 5.83. The molecule has 112 valence electrons. The summed E-state index contributed by atoms with van der Waals surface area (Å²) < 4.78 is 11.0. The van der Waals surface area contributed by atoms with Crippen molar-refractivity contribution in [1.29, 1.82) is 0 Å². The van der Waals surface area contributed by atoms with E-state index in [2.05, 4.69) is 4.90 Å². The van der Waals surface area contributed by atoms with Crippen LogP contribution in [0.3, 0.4) is 0 Å². The van der Waals surface area contributed by atoms with E-state index in [1.807, 2.05) is 25.2 Å². The molecule has 1 aromatic carbocycles. The Bertz CT molecular complexity index is 430. The second-order valence-corrected chi connectivity index (χ2v) is 5.51. The van der Waals surface area contributed by atoms with E-state index in [4.69, 9.17) is 9.47 Å². The zero-order valence-corrected chi connectivity index (χ0v) is 12.6. The summed E-state index contributed by atoms with van der Waals surface area (Å²) in [6.45, 7) is 4.16. The van der Waals surface area contributed by atoms with Crippen molar-refractivity contribution in [2.24, 2.45) is 5.92 Å². The molecule has 1 atom stereocenters. The molecule has 1 saturated carbocycles. The van der Waals surface area contributed by atoms with Gasteiger partial charge in [0.25, 0.3) is 0 Å². The van der Waals surface area contributed by atoms with Crippen molar-refractivity contribution in [3.63, 3.8) is 0 Å². The predicted octanol–water partition coefficient (Wildman–Crippen LogP) is 2.61. The van der Waals surface area contributed by atoms with E-state index in [0.717, 1.165) is 36.1 Å². The lowest BCUT2D eigenvalue weighted by Crippen LogP contribution is -2.24. The molecule has 4 heteroatoms. The van der Waals surface area contributed by atoms with Gasteiger partial charge in [0.1, 0.15) is 5.75 Å². The van der Waals surface area contributed by atoms with E-state index in [9.17, 15) is 5.11 Å². The lowest BCUT2D eigenvalue weighted by atomic mass is 10.1.